The maximum atomic E-state index is 7.00. The molecule has 0 N–H and O–H groups in total. The summed E-state index contributed by atoms with van der Waals surface area (Å²) in [5, 5.41) is 2.32. The summed E-state index contributed by atoms with van der Waals surface area (Å²) in [5.74, 6) is 2.36. The van der Waals surface area contributed by atoms with Crippen molar-refractivity contribution >= 4 is 32.8 Å². The maximum absolute atomic E-state index is 7.00. The molecule has 3 aromatic heterocycles. The minimum absolute atomic E-state index is 0.324. The number of para-hydroxylation sites is 2. The standard InChI is InChI=1S/C59H42N4O/c1-58(2)47-24-14-22-42(38-17-6-4-7-18-38)55(47)59(56-43(23-15-25-48(56)58)39-19-8-5-9-20-39)46-33-31-41(36-53(46)62-37-61(3)51-28-16-26-49(59)57(51)62)64-40-30-32-45-44-21-10-11-27-50(44)63(52(45)35-40)54-29-12-13-34-60-54/h4-36H,1-3H3. The lowest BCUT2D eigenvalue weighted by Gasteiger charge is -2.52. The van der Waals surface area contributed by atoms with Crippen molar-refractivity contribution < 1.29 is 9.30 Å². The van der Waals surface area contributed by atoms with Crippen LogP contribution in [0.25, 0.3) is 66.6 Å². The number of rotatable bonds is 5. The number of aromatic nitrogens is 4. The second kappa shape index (κ2) is 13.5. The molecule has 1 spiro atoms. The minimum Gasteiger partial charge on any atom is -0.458 e. The molecule has 5 nitrogen and oxygen atoms in total. The lowest BCUT2D eigenvalue weighted by molar-refractivity contribution is -0.649. The van der Waals surface area contributed by atoms with E-state index in [1.807, 2.05) is 18.3 Å². The zero-order valence-electron chi connectivity index (χ0n) is 35.7. The van der Waals surface area contributed by atoms with Crippen LogP contribution in [0.15, 0.2) is 200 Å². The highest BCUT2D eigenvalue weighted by atomic mass is 16.5. The third-order valence-electron chi connectivity index (χ3n) is 14.0. The van der Waals surface area contributed by atoms with E-state index in [9.17, 15) is 0 Å². The number of benzene rings is 8. The SMILES string of the molecule is C[n+]1[c-]n2c3c(cccc31)C1(c3ccc(Oc4ccc5c6ccccc6n(-c6ccccn6)c5c4)cc3-2)c2c(-c3ccccc3)cccc2C(C)(C)c2cccc(-c3ccccc3)c21. The topological polar surface area (TPSA) is 35.9 Å². The highest BCUT2D eigenvalue weighted by Gasteiger charge is 2.54. The quantitative estimate of drug-likeness (QED) is 0.128. The fraction of sp³-hybridized carbons (Fsp3) is 0.0847. The first-order valence-electron chi connectivity index (χ1n) is 22.0. The van der Waals surface area contributed by atoms with Crippen molar-refractivity contribution in [1.82, 2.24) is 14.1 Å². The average Bonchev–Trinajstić information content (AvgIpc) is 3.86. The average molecular weight is 823 g/mol. The van der Waals surface area contributed by atoms with Crippen molar-refractivity contribution in [3.05, 3.63) is 240 Å². The number of hydrogen-bond acceptors (Lipinski definition) is 2. The van der Waals surface area contributed by atoms with Crippen LogP contribution in [0.4, 0.5) is 0 Å². The van der Waals surface area contributed by atoms with Crippen LogP contribution >= 0.6 is 0 Å². The molecule has 5 heteroatoms. The highest BCUT2D eigenvalue weighted by Crippen LogP contribution is 2.63. The van der Waals surface area contributed by atoms with Gasteiger partial charge < -0.3 is 13.9 Å². The summed E-state index contributed by atoms with van der Waals surface area (Å²) in [6.45, 7) is 4.81. The number of fused-ring (bicyclic) bond motifs is 11. The Bertz CT molecular complexity index is 3580. The Kier molecular flexibility index (Phi) is 7.72. The lowest BCUT2D eigenvalue weighted by Crippen LogP contribution is -2.45. The van der Waals surface area contributed by atoms with Crippen LogP contribution in [0.3, 0.4) is 0 Å². The predicted octanol–water partition coefficient (Wildman–Crippen LogP) is 13.2. The van der Waals surface area contributed by atoms with Gasteiger partial charge in [0.25, 0.3) is 0 Å². The van der Waals surface area contributed by atoms with Gasteiger partial charge >= 0.3 is 0 Å². The van der Waals surface area contributed by atoms with E-state index in [0.717, 1.165) is 50.5 Å². The van der Waals surface area contributed by atoms with Crippen molar-refractivity contribution in [2.75, 3.05) is 0 Å². The molecule has 1 aliphatic heterocycles. The van der Waals surface area contributed by atoms with E-state index in [1.165, 1.54) is 61.0 Å². The molecule has 13 rings (SSSR count). The first-order chi connectivity index (χ1) is 31.4. The first kappa shape index (κ1) is 36.6. The summed E-state index contributed by atoms with van der Waals surface area (Å²) in [7, 11) is 2.10. The third-order valence-corrected chi connectivity index (χ3v) is 14.0. The van der Waals surface area contributed by atoms with Crippen molar-refractivity contribution in [2.24, 2.45) is 7.05 Å². The molecule has 8 aromatic carbocycles. The van der Waals surface area contributed by atoms with Crippen LogP contribution in [0.1, 0.15) is 47.2 Å². The maximum Gasteiger partial charge on any atom is 0.244 e. The second-order valence-corrected chi connectivity index (χ2v) is 17.7. The molecular formula is C59H42N4O. The van der Waals surface area contributed by atoms with Crippen LogP contribution in [-0.2, 0) is 17.9 Å². The molecule has 0 fully saturated rings. The van der Waals surface area contributed by atoms with Gasteiger partial charge in [0.1, 0.15) is 17.3 Å². The molecule has 1 aliphatic carbocycles. The summed E-state index contributed by atoms with van der Waals surface area (Å²) in [6, 6.07) is 70.3. The van der Waals surface area contributed by atoms with Gasteiger partial charge in [-0.25, -0.2) is 4.98 Å². The van der Waals surface area contributed by atoms with Crippen molar-refractivity contribution in [3.63, 3.8) is 0 Å². The van der Waals surface area contributed by atoms with Crippen molar-refractivity contribution in [1.29, 1.82) is 0 Å². The number of ether oxygens (including phenoxy) is 1. The Hall–Kier alpha value is -8.02. The highest BCUT2D eigenvalue weighted by molar-refractivity contribution is 6.09. The summed E-state index contributed by atoms with van der Waals surface area (Å²) >= 11 is 0. The zero-order chi connectivity index (χ0) is 42.7. The van der Waals surface area contributed by atoms with E-state index < -0.39 is 5.41 Å². The van der Waals surface area contributed by atoms with Gasteiger partial charge in [-0.1, -0.05) is 159 Å². The molecule has 4 heterocycles. The van der Waals surface area contributed by atoms with E-state index in [4.69, 9.17) is 9.72 Å². The Morgan fingerprint density at radius 1 is 0.531 bits per heavy atom. The van der Waals surface area contributed by atoms with Crippen molar-refractivity contribution in [3.8, 4) is 45.3 Å². The molecular weight excluding hydrogens is 781 g/mol. The summed E-state index contributed by atoms with van der Waals surface area (Å²) in [6.07, 6.45) is 5.60. The molecule has 0 unspecified atom stereocenters. The smallest absolute Gasteiger partial charge is 0.244 e. The van der Waals surface area contributed by atoms with Gasteiger partial charge in [0.05, 0.1) is 40.2 Å². The van der Waals surface area contributed by atoms with Gasteiger partial charge in [0.15, 0.2) is 0 Å². The molecule has 0 saturated carbocycles. The van der Waals surface area contributed by atoms with Gasteiger partial charge in [-0.15, -0.1) is 0 Å². The normalized spacial score (nSPS) is 14.1. The number of aryl methyl sites for hydroxylation is 1. The molecule has 0 amide bonds. The summed E-state index contributed by atoms with van der Waals surface area (Å²) in [4.78, 5) is 4.77. The van der Waals surface area contributed by atoms with E-state index in [-0.39, 0.29) is 5.41 Å². The van der Waals surface area contributed by atoms with E-state index in [0.29, 0.717) is 0 Å². The van der Waals surface area contributed by atoms with E-state index in [1.54, 1.807) is 0 Å². The van der Waals surface area contributed by atoms with E-state index >= 15 is 0 Å². The molecule has 2 aliphatic rings. The molecule has 0 bridgehead atoms. The summed E-state index contributed by atoms with van der Waals surface area (Å²) < 4.78 is 13.6. The fourth-order valence-corrected chi connectivity index (χ4v) is 11.4. The third kappa shape index (κ3) is 4.95. The molecule has 304 valence electrons. The number of pyridine rings is 1. The monoisotopic (exact) mass is 822 g/mol. The van der Waals surface area contributed by atoms with Gasteiger partial charge in [-0.2, -0.15) is 0 Å². The Balaban J connectivity index is 1.11. The number of hydrogen-bond donors (Lipinski definition) is 0. The fourth-order valence-electron chi connectivity index (χ4n) is 11.4. The van der Waals surface area contributed by atoms with Gasteiger partial charge in [-0.05, 0) is 98.1 Å². The van der Waals surface area contributed by atoms with Gasteiger partial charge in [-0.3, -0.25) is 4.57 Å². The Morgan fingerprint density at radius 2 is 1.14 bits per heavy atom. The number of nitrogens with zero attached hydrogens (tertiary/aromatic N) is 4. The zero-order valence-corrected chi connectivity index (χ0v) is 35.7. The van der Waals surface area contributed by atoms with Crippen molar-refractivity contribution in [2.45, 2.75) is 24.7 Å². The molecule has 0 atom stereocenters. The summed E-state index contributed by atoms with van der Waals surface area (Å²) in [5.41, 5.74) is 16.9. The van der Waals surface area contributed by atoms with Crippen LogP contribution in [0.5, 0.6) is 11.5 Å². The van der Waals surface area contributed by atoms with Gasteiger partial charge in [0, 0.05) is 28.5 Å². The minimum atomic E-state index is -0.746. The van der Waals surface area contributed by atoms with Crippen LogP contribution in [0, 0.1) is 6.33 Å². The largest absolute Gasteiger partial charge is 0.458 e. The predicted molar refractivity (Wildman–Crippen MR) is 257 cm³/mol. The molecule has 11 aromatic rings. The van der Waals surface area contributed by atoms with Crippen LogP contribution < -0.4 is 9.30 Å². The van der Waals surface area contributed by atoms with E-state index in [2.05, 4.69) is 223 Å². The lowest BCUT2D eigenvalue weighted by atomic mass is 9.51. The van der Waals surface area contributed by atoms with Crippen LogP contribution in [-0.4, -0.2) is 14.1 Å². The Labute approximate surface area is 371 Å². The van der Waals surface area contributed by atoms with Crippen LogP contribution in [0.2, 0.25) is 0 Å². The number of imidazole rings is 1. The molecule has 0 radical (unpaired) electrons. The molecule has 0 saturated heterocycles. The Morgan fingerprint density at radius 3 is 1.84 bits per heavy atom. The van der Waals surface area contributed by atoms with Gasteiger partial charge in [0.2, 0.25) is 6.33 Å². The second-order valence-electron chi connectivity index (χ2n) is 17.7. The first-order valence-corrected chi connectivity index (χ1v) is 22.0. The molecule has 64 heavy (non-hydrogen) atoms.